The number of hydrogen-bond acceptors (Lipinski definition) is 5. The smallest absolute Gasteiger partial charge is 0.248 e. The summed E-state index contributed by atoms with van der Waals surface area (Å²) in [6.45, 7) is 0. The van der Waals surface area contributed by atoms with Gasteiger partial charge in [0, 0.05) is 5.56 Å². The van der Waals surface area contributed by atoms with Crippen LogP contribution in [0.15, 0.2) is 48.0 Å². The van der Waals surface area contributed by atoms with Crippen LogP contribution in [0.4, 0.5) is 0 Å². The van der Waals surface area contributed by atoms with Crippen molar-refractivity contribution in [1.29, 1.82) is 0 Å². The van der Waals surface area contributed by atoms with Crippen molar-refractivity contribution in [2.45, 2.75) is 11.8 Å². The Morgan fingerprint density at radius 2 is 1.91 bits per heavy atom. The van der Waals surface area contributed by atoms with E-state index in [4.69, 9.17) is 11.5 Å². The van der Waals surface area contributed by atoms with E-state index in [2.05, 4.69) is 10.2 Å². The lowest BCUT2D eigenvalue weighted by atomic mass is 9.76. The SMILES string of the molecule is NC(=O)c1ccc(C2=CC=CC(C(N)=O)(c3nncs3)C2)cc1. The molecule has 7 heteroatoms. The van der Waals surface area contributed by atoms with Gasteiger partial charge in [0.05, 0.1) is 0 Å². The summed E-state index contributed by atoms with van der Waals surface area (Å²) in [7, 11) is 0. The highest BCUT2D eigenvalue weighted by Gasteiger charge is 2.41. The molecule has 116 valence electrons. The highest BCUT2D eigenvalue weighted by molar-refractivity contribution is 7.09. The monoisotopic (exact) mass is 326 g/mol. The van der Waals surface area contributed by atoms with Crippen molar-refractivity contribution in [1.82, 2.24) is 10.2 Å². The van der Waals surface area contributed by atoms with Crippen molar-refractivity contribution in [2.24, 2.45) is 11.5 Å². The Kier molecular flexibility index (Phi) is 3.79. The van der Waals surface area contributed by atoms with E-state index in [1.165, 1.54) is 11.3 Å². The Labute approximate surface area is 136 Å². The van der Waals surface area contributed by atoms with Gasteiger partial charge in [0.1, 0.15) is 15.9 Å². The van der Waals surface area contributed by atoms with Gasteiger partial charge in [-0.25, -0.2) is 0 Å². The van der Waals surface area contributed by atoms with Crippen molar-refractivity contribution in [3.8, 4) is 0 Å². The summed E-state index contributed by atoms with van der Waals surface area (Å²) in [5.74, 6) is -0.945. The van der Waals surface area contributed by atoms with E-state index in [1.807, 2.05) is 6.08 Å². The van der Waals surface area contributed by atoms with Crippen molar-refractivity contribution in [2.75, 3.05) is 0 Å². The second-order valence-electron chi connectivity index (χ2n) is 5.25. The number of allylic oxidation sites excluding steroid dienone is 3. The number of nitrogens with zero attached hydrogens (tertiary/aromatic N) is 2. The predicted molar refractivity (Wildman–Crippen MR) is 87.5 cm³/mol. The topological polar surface area (TPSA) is 112 Å². The van der Waals surface area contributed by atoms with Crippen molar-refractivity contribution >= 4 is 28.7 Å². The van der Waals surface area contributed by atoms with E-state index in [-0.39, 0.29) is 0 Å². The number of amides is 2. The van der Waals surface area contributed by atoms with E-state index in [1.54, 1.807) is 41.9 Å². The Balaban J connectivity index is 1.97. The lowest BCUT2D eigenvalue weighted by Crippen LogP contribution is -2.40. The molecule has 0 fully saturated rings. The van der Waals surface area contributed by atoms with Crippen molar-refractivity contribution in [3.63, 3.8) is 0 Å². The van der Waals surface area contributed by atoms with Crippen LogP contribution in [0.1, 0.15) is 27.3 Å². The Morgan fingerprint density at radius 1 is 1.17 bits per heavy atom. The summed E-state index contributed by atoms with van der Waals surface area (Å²) in [6.07, 6.45) is 5.87. The number of nitrogens with two attached hydrogens (primary N) is 2. The molecule has 1 aromatic carbocycles. The van der Waals surface area contributed by atoms with Crippen LogP contribution in [-0.4, -0.2) is 22.0 Å². The van der Waals surface area contributed by atoms with E-state index in [9.17, 15) is 9.59 Å². The van der Waals surface area contributed by atoms with Gasteiger partial charge in [-0.1, -0.05) is 30.4 Å². The van der Waals surface area contributed by atoms with Crippen molar-refractivity contribution < 1.29 is 9.59 Å². The first-order chi connectivity index (χ1) is 11.0. The Hall–Kier alpha value is -2.80. The third-order valence-electron chi connectivity index (χ3n) is 3.87. The summed E-state index contributed by atoms with van der Waals surface area (Å²) in [4.78, 5) is 23.3. The molecular formula is C16H14N4O2S. The minimum atomic E-state index is -0.992. The number of carbonyl (C=O) groups is 2. The summed E-state index contributed by atoms with van der Waals surface area (Å²) >= 11 is 1.30. The second-order valence-corrected chi connectivity index (χ2v) is 6.08. The number of rotatable bonds is 4. The Morgan fingerprint density at radius 3 is 2.48 bits per heavy atom. The highest BCUT2D eigenvalue weighted by atomic mass is 32.1. The summed E-state index contributed by atoms with van der Waals surface area (Å²) in [6, 6.07) is 6.93. The zero-order chi connectivity index (χ0) is 16.4. The number of carbonyl (C=O) groups excluding carboxylic acids is 2. The molecule has 1 heterocycles. The first kappa shape index (κ1) is 15.1. The Bertz CT molecular complexity index is 809. The quantitative estimate of drug-likeness (QED) is 0.884. The molecule has 1 atom stereocenters. The first-order valence-corrected chi connectivity index (χ1v) is 7.76. The van der Waals surface area contributed by atoms with Gasteiger partial charge in [-0.3, -0.25) is 9.59 Å². The van der Waals surface area contributed by atoms with E-state index < -0.39 is 17.2 Å². The predicted octanol–water partition coefficient (Wildman–Crippen LogP) is 1.40. The van der Waals surface area contributed by atoms with Gasteiger partial charge in [0.25, 0.3) is 0 Å². The van der Waals surface area contributed by atoms with Crippen LogP contribution in [0, 0.1) is 0 Å². The molecule has 1 aliphatic carbocycles. The fourth-order valence-corrected chi connectivity index (χ4v) is 3.32. The van der Waals surface area contributed by atoms with Gasteiger partial charge in [0.2, 0.25) is 11.8 Å². The van der Waals surface area contributed by atoms with Crippen LogP contribution in [-0.2, 0) is 10.2 Å². The maximum atomic E-state index is 12.1. The van der Waals surface area contributed by atoms with Gasteiger partial charge in [-0.05, 0) is 29.7 Å². The molecule has 6 nitrogen and oxygen atoms in total. The van der Waals surface area contributed by atoms with Crippen molar-refractivity contribution in [3.05, 3.63) is 64.1 Å². The molecule has 0 radical (unpaired) electrons. The molecule has 4 N–H and O–H groups in total. The maximum absolute atomic E-state index is 12.1. The standard InChI is InChI=1S/C16H14N4O2S/c17-13(21)11-5-3-10(4-6-11)12-2-1-7-16(8-12,14(18)22)15-20-19-9-23-15/h1-7,9H,8H2,(H2,17,21)(H2,18,22). The number of hydrogen-bond donors (Lipinski definition) is 2. The third-order valence-corrected chi connectivity index (χ3v) is 4.74. The minimum Gasteiger partial charge on any atom is -0.369 e. The molecule has 23 heavy (non-hydrogen) atoms. The fraction of sp³-hybridized carbons (Fsp3) is 0.125. The molecule has 2 amide bonds. The molecule has 0 saturated heterocycles. The molecule has 3 rings (SSSR count). The fourth-order valence-electron chi connectivity index (χ4n) is 2.58. The molecule has 1 aromatic heterocycles. The maximum Gasteiger partial charge on any atom is 0.248 e. The zero-order valence-electron chi connectivity index (χ0n) is 12.1. The van der Waals surface area contributed by atoms with E-state index >= 15 is 0 Å². The van der Waals surface area contributed by atoms with Gasteiger partial charge in [-0.2, -0.15) is 0 Å². The van der Waals surface area contributed by atoms with Gasteiger partial charge >= 0.3 is 0 Å². The number of primary amides is 2. The lowest BCUT2D eigenvalue weighted by molar-refractivity contribution is -0.121. The third kappa shape index (κ3) is 2.66. The second kappa shape index (κ2) is 5.77. The average molecular weight is 326 g/mol. The molecule has 1 aliphatic rings. The van der Waals surface area contributed by atoms with E-state index in [0.717, 1.165) is 11.1 Å². The van der Waals surface area contributed by atoms with Crippen LogP contribution in [0.3, 0.4) is 0 Å². The van der Waals surface area contributed by atoms with Crippen LogP contribution in [0.2, 0.25) is 0 Å². The largest absolute Gasteiger partial charge is 0.369 e. The lowest BCUT2D eigenvalue weighted by Gasteiger charge is -2.28. The van der Waals surface area contributed by atoms with Gasteiger partial charge in [-0.15, -0.1) is 21.5 Å². The summed E-state index contributed by atoms with van der Waals surface area (Å²) < 4.78 is 0. The normalized spacial score (nSPS) is 20.1. The van der Waals surface area contributed by atoms with Crippen LogP contribution >= 0.6 is 11.3 Å². The van der Waals surface area contributed by atoms with E-state index in [0.29, 0.717) is 17.0 Å². The number of aromatic nitrogens is 2. The summed E-state index contributed by atoms with van der Waals surface area (Å²) in [5.41, 5.74) is 13.8. The molecule has 0 aliphatic heterocycles. The zero-order valence-corrected chi connectivity index (χ0v) is 12.9. The summed E-state index contributed by atoms with van der Waals surface area (Å²) in [5, 5.41) is 8.41. The first-order valence-electron chi connectivity index (χ1n) is 6.88. The molecule has 1 unspecified atom stereocenters. The van der Waals surface area contributed by atoms with Gasteiger partial charge < -0.3 is 11.5 Å². The molecule has 0 spiro atoms. The molecule has 0 saturated carbocycles. The number of benzene rings is 1. The van der Waals surface area contributed by atoms with Crippen LogP contribution < -0.4 is 11.5 Å². The van der Waals surface area contributed by atoms with Crippen LogP contribution in [0.5, 0.6) is 0 Å². The minimum absolute atomic E-state index is 0.393. The molecule has 2 aromatic rings. The molecule has 0 bridgehead atoms. The molecular weight excluding hydrogens is 312 g/mol. The highest BCUT2D eigenvalue weighted by Crippen LogP contribution is 2.39. The van der Waals surface area contributed by atoms with Crippen LogP contribution in [0.25, 0.3) is 5.57 Å². The average Bonchev–Trinajstić information content (AvgIpc) is 3.10. The van der Waals surface area contributed by atoms with Gasteiger partial charge in [0.15, 0.2) is 0 Å².